The zero-order valence-electron chi connectivity index (χ0n) is 23.6. The minimum absolute atomic E-state index is 0.104. The molecule has 0 saturated heterocycles. The fraction of sp³-hybridized carbons (Fsp3) is 0.0278. The van der Waals surface area contributed by atoms with Gasteiger partial charge in [0.15, 0.2) is 12.1 Å². The number of carbonyl (C=O) groups excluding carboxylic acids is 2. The van der Waals surface area contributed by atoms with Crippen LogP contribution in [0.4, 0.5) is 5.69 Å². The van der Waals surface area contributed by atoms with Crippen molar-refractivity contribution in [1.82, 2.24) is 15.0 Å². The van der Waals surface area contributed by atoms with Gasteiger partial charge in [-0.15, -0.1) is 0 Å². The standard InChI is InChI=1S/C18H11BrN2.C10H8N2O.C8H7BrO/c19-15-8-5-12(6-9-15)16-10-7-14-4-3-13-2-1-11-20-17(13)18(14)21-16;11-9-8(6-13)4-3-7-2-1-5-12-10(7)9;1-6(10)7-2-4-8(9)5-3-7/h1-11H;1-6H,11H2;2-5H,1H3. The molecule has 7 aromatic rings. The van der Waals surface area contributed by atoms with E-state index in [4.69, 9.17) is 10.7 Å². The van der Waals surface area contributed by atoms with Gasteiger partial charge in [0.05, 0.1) is 27.9 Å². The molecule has 0 spiro atoms. The molecule has 0 aliphatic heterocycles. The molecule has 0 aliphatic carbocycles. The number of nitrogen functional groups attached to an aromatic ring is 1. The molecule has 3 heterocycles. The van der Waals surface area contributed by atoms with Crippen molar-refractivity contribution in [3.8, 4) is 11.3 Å². The van der Waals surface area contributed by atoms with Crippen molar-refractivity contribution in [2.24, 2.45) is 0 Å². The van der Waals surface area contributed by atoms with Crippen LogP contribution in [0.5, 0.6) is 0 Å². The third-order valence-electron chi connectivity index (χ3n) is 6.80. The topological polar surface area (TPSA) is 98.8 Å². The lowest BCUT2D eigenvalue weighted by molar-refractivity contribution is 0.101. The number of anilines is 1. The first kappa shape index (κ1) is 30.7. The highest BCUT2D eigenvalue weighted by atomic mass is 79.9. The van der Waals surface area contributed by atoms with Gasteiger partial charge in [0, 0.05) is 54.2 Å². The number of fused-ring (bicyclic) bond motifs is 4. The van der Waals surface area contributed by atoms with E-state index in [1.165, 1.54) is 0 Å². The lowest BCUT2D eigenvalue weighted by atomic mass is 10.1. The largest absolute Gasteiger partial charge is 0.396 e. The number of ketones is 1. The molecular formula is C36H26Br2N4O2. The summed E-state index contributed by atoms with van der Waals surface area (Å²) in [5, 5.41) is 3.18. The van der Waals surface area contributed by atoms with E-state index in [1.807, 2.05) is 54.7 Å². The highest BCUT2D eigenvalue weighted by Crippen LogP contribution is 2.27. The van der Waals surface area contributed by atoms with E-state index in [1.54, 1.807) is 31.3 Å². The lowest BCUT2D eigenvalue weighted by Crippen LogP contribution is -1.95. The first-order chi connectivity index (χ1) is 21.3. The molecule has 7 rings (SSSR count). The summed E-state index contributed by atoms with van der Waals surface area (Å²) in [5.41, 5.74) is 12.1. The van der Waals surface area contributed by atoms with Crippen LogP contribution in [0.15, 0.2) is 131 Å². The minimum atomic E-state index is 0.104. The number of hydrogen-bond acceptors (Lipinski definition) is 6. The molecule has 0 radical (unpaired) electrons. The SMILES string of the molecule is Brc1ccc(-c2ccc3ccc4cccnc4c3n2)cc1.CC(=O)c1ccc(Br)cc1.Nc1c(C=O)ccc2cccnc12. The fourth-order valence-electron chi connectivity index (χ4n) is 4.48. The summed E-state index contributed by atoms with van der Waals surface area (Å²) in [4.78, 5) is 34.7. The molecule has 216 valence electrons. The number of hydrogen-bond donors (Lipinski definition) is 1. The third-order valence-corrected chi connectivity index (χ3v) is 7.85. The van der Waals surface area contributed by atoms with Crippen molar-refractivity contribution in [3.63, 3.8) is 0 Å². The molecule has 8 heteroatoms. The molecular weight excluding hydrogens is 680 g/mol. The Kier molecular flexibility index (Phi) is 9.84. The normalized spacial score (nSPS) is 10.4. The summed E-state index contributed by atoms with van der Waals surface area (Å²) in [5.74, 6) is 0.104. The van der Waals surface area contributed by atoms with Crippen molar-refractivity contribution in [3.05, 3.63) is 142 Å². The van der Waals surface area contributed by atoms with E-state index in [0.717, 1.165) is 59.2 Å². The lowest BCUT2D eigenvalue weighted by Gasteiger charge is -2.06. The maximum atomic E-state index is 10.7. The summed E-state index contributed by atoms with van der Waals surface area (Å²) >= 11 is 6.74. The van der Waals surface area contributed by atoms with E-state index >= 15 is 0 Å². The molecule has 0 bridgehead atoms. The predicted octanol–water partition coefficient (Wildman–Crippen LogP) is 9.49. The highest BCUT2D eigenvalue weighted by molar-refractivity contribution is 9.10. The fourth-order valence-corrected chi connectivity index (χ4v) is 5.00. The predicted molar refractivity (Wildman–Crippen MR) is 186 cm³/mol. The van der Waals surface area contributed by atoms with Crippen LogP contribution in [0.2, 0.25) is 0 Å². The van der Waals surface area contributed by atoms with Crippen LogP contribution in [0, 0.1) is 0 Å². The second-order valence-electron chi connectivity index (χ2n) is 9.74. The third kappa shape index (κ3) is 7.22. The summed E-state index contributed by atoms with van der Waals surface area (Å²) < 4.78 is 2.07. The van der Waals surface area contributed by atoms with E-state index < -0.39 is 0 Å². The van der Waals surface area contributed by atoms with Crippen LogP contribution in [0.3, 0.4) is 0 Å². The quantitative estimate of drug-likeness (QED) is 0.0851. The average molecular weight is 706 g/mol. The summed E-state index contributed by atoms with van der Waals surface area (Å²) in [6.45, 7) is 1.56. The van der Waals surface area contributed by atoms with Gasteiger partial charge in [0.25, 0.3) is 0 Å². The molecule has 4 aromatic carbocycles. The summed E-state index contributed by atoms with van der Waals surface area (Å²) in [6, 6.07) is 35.1. The van der Waals surface area contributed by atoms with Gasteiger partial charge in [0.2, 0.25) is 0 Å². The van der Waals surface area contributed by atoms with Gasteiger partial charge in [-0.3, -0.25) is 19.6 Å². The zero-order chi connectivity index (χ0) is 31.1. The Balaban J connectivity index is 0.000000143. The number of benzene rings is 4. The molecule has 0 aliphatic rings. The number of aromatic nitrogens is 3. The smallest absolute Gasteiger partial charge is 0.159 e. The number of aldehydes is 1. The Bertz CT molecular complexity index is 2100. The van der Waals surface area contributed by atoms with Crippen LogP contribution in [0.25, 0.3) is 44.0 Å². The minimum Gasteiger partial charge on any atom is -0.396 e. The van der Waals surface area contributed by atoms with Gasteiger partial charge >= 0.3 is 0 Å². The van der Waals surface area contributed by atoms with Crippen LogP contribution in [-0.2, 0) is 0 Å². The van der Waals surface area contributed by atoms with Crippen LogP contribution in [-0.4, -0.2) is 27.0 Å². The molecule has 0 fully saturated rings. The molecule has 0 unspecified atom stereocenters. The number of carbonyl (C=O) groups is 2. The molecule has 6 nitrogen and oxygen atoms in total. The number of halogens is 2. The van der Waals surface area contributed by atoms with Gasteiger partial charge in [-0.25, -0.2) is 4.98 Å². The number of nitrogens with zero attached hydrogens (tertiary/aromatic N) is 3. The molecule has 0 atom stereocenters. The second kappa shape index (κ2) is 14.1. The Morgan fingerprint density at radius 3 is 1.80 bits per heavy atom. The van der Waals surface area contributed by atoms with E-state index in [9.17, 15) is 9.59 Å². The monoisotopic (exact) mass is 704 g/mol. The molecule has 3 aromatic heterocycles. The number of nitrogens with two attached hydrogens (primary N) is 1. The number of rotatable bonds is 3. The van der Waals surface area contributed by atoms with Crippen molar-refractivity contribution < 1.29 is 9.59 Å². The molecule has 0 saturated carbocycles. The van der Waals surface area contributed by atoms with Gasteiger partial charge < -0.3 is 5.73 Å². The zero-order valence-corrected chi connectivity index (χ0v) is 26.8. The Labute approximate surface area is 271 Å². The first-order valence-electron chi connectivity index (χ1n) is 13.6. The molecule has 44 heavy (non-hydrogen) atoms. The maximum Gasteiger partial charge on any atom is 0.159 e. The van der Waals surface area contributed by atoms with E-state index in [0.29, 0.717) is 16.8 Å². The van der Waals surface area contributed by atoms with Gasteiger partial charge in [-0.2, -0.15) is 0 Å². The Hall–Kier alpha value is -4.79. The first-order valence-corrected chi connectivity index (χ1v) is 15.2. The number of Topliss-reactive ketones (excluding diaryl/α,β-unsaturated/α-hetero) is 1. The molecule has 2 N–H and O–H groups in total. The number of pyridine rings is 3. The van der Waals surface area contributed by atoms with Crippen molar-refractivity contribution in [2.45, 2.75) is 6.92 Å². The molecule has 0 amide bonds. The Morgan fingerprint density at radius 2 is 1.18 bits per heavy atom. The van der Waals surface area contributed by atoms with Gasteiger partial charge in [0.1, 0.15) is 0 Å². The second-order valence-corrected chi connectivity index (χ2v) is 11.6. The van der Waals surface area contributed by atoms with E-state index in [-0.39, 0.29) is 5.78 Å². The van der Waals surface area contributed by atoms with Crippen LogP contribution in [0.1, 0.15) is 27.6 Å². The van der Waals surface area contributed by atoms with Crippen LogP contribution >= 0.6 is 31.9 Å². The Morgan fingerprint density at radius 1 is 0.659 bits per heavy atom. The van der Waals surface area contributed by atoms with Crippen molar-refractivity contribution >= 4 is 82.3 Å². The summed E-state index contributed by atoms with van der Waals surface area (Å²) in [7, 11) is 0. The van der Waals surface area contributed by atoms with Gasteiger partial charge in [-0.05, 0) is 55.5 Å². The van der Waals surface area contributed by atoms with Gasteiger partial charge in [-0.1, -0.05) is 92.5 Å². The highest BCUT2D eigenvalue weighted by Gasteiger charge is 2.06. The average Bonchev–Trinajstić information content (AvgIpc) is 3.06. The van der Waals surface area contributed by atoms with Crippen molar-refractivity contribution in [1.29, 1.82) is 0 Å². The van der Waals surface area contributed by atoms with Crippen molar-refractivity contribution in [2.75, 3.05) is 5.73 Å². The van der Waals surface area contributed by atoms with Crippen LogP contribution < -0.4 is 5.73 Å². The summed E-state index contributed by atoms with van der Waals surface area (Å²) in [6.07, 6.45) is 4.21. The van der Waals surface area contributed by atoms with E-state index in [2.05, 4.69) is 84.3 Å². The maximum absolute atomic E-state index is 10.7.